The zero-order chi connectivity index (χ0) is 13.2. The maximum Gasteiger partial charge on any atom is 0.231 e. The topological polar surface area (TPSA) is 57.0 Å². The third kappa shape index (κ3) is 2.83. The fourth-order valence-corrected chi connectivity index (χ4v) is 2.70. The van der Waals surface area contributed by atoms with Crippen molar-refractivity contribution in [3.05, 3.63) is 23.8 Å². The van der Waals surface area contributed by atoms with Crippen molar-refractivity contribution in [2.45, 2.75) is 25.7 Å². The standard InChI is InChI=1S/C14H20N2O3/c1-10-6-16(8-12(5-15)19-10)7-11-2-3-13-14(4-11)18-9-17-13/h2-4,10,12H,5-9,15H2,1H3. The van der Waals surface area contributed by atoms with E-state index in [9.17, 15) is 0 Å². The molecule has 0 aromatic heterocycles. The summed E-state index contributed by atoms with van der Waals surface area (Å²) in [5.74, 6) is 1.67. The van der Waals surface area contributed by atoms with E-state index in [2.05, 4.69) is 24.0 Å². The van der Waals surface area contributed by atoms with Gasteiger partial charge in [0.25, 0.3) is 0 Å². The van der Waals surface area contributed by atoms with Gasteiger partial charge in [-0.1, -0.05) is 6.07 Å². The smallest absolute Gasteiger partial charge is 0.231 e. The third-order valence-corrected chi connectivity index (χ3v) is 3.51. The van der Waals surface area contributed by atoms with Gasteiger partial charge in [0.2, 0.25) is 6.79 Å². The van der Waals surface area contributed by atoms with Crippen LogP contribution in [0.2, 0.25) is 0 Å². The first kappa shape index (κ1) is 12.7. The second-order valence-electron chi connectivity index (χ2n) is 5.19. The molecule has 1 aromatic carbocycles. The molecule has 1 aromatic rings. The first-order valence-corrected chi connectivity index (χ1v) is 6.71. The molecule has 1 fully saturated rings. The van der Waals surface area contributed by atoms with E-state index in [0.717, 1.165) is 31.1 Å². The SMILES string of the molecule is CC1CN(Cc2ccc3c(c2)OCO3)CC(CN)O1. The summed E-state index contributed by atoms with van der Waals surface area (Å²) in [7, 11) is 0. The maximum absolute atomic E-state index is 5.77. The molecule has 19 heavy (non-hydrogen) atoms. The van der Waals surface area contributed by atoms with Crippen molar-refractivity contribution in [2.75, 3.05) is 26.4 Å². The first-order chi connectivity index (χ1) is 9.24. The molecule has 2 atom stereocenters. The number of fused-ring (bicyclic) bond motifs is 1. The highest BCUT2D eigenvalue weighted by Gasteiger charge is 2.24. The van der Waals surface area contributed by atoms with Crippen LogP contribution in [0.25, 0.3) is 0 Å². The molecule has 0 bridgehead atoms. The first-order valence-electron chi connectivity index (χ1n) is 6.71. The minimum atomic E-state index is 0.137. The molecule has 0 radical (unpaired) electrons. The lowest BCUT2D eigenvalue weighted by Gasteiger charge is -2.36. The summed E-state index contributed by atoms with van der Waals surface area (Å²) in [5, 5.41) is 0. The highest BCUT2D eigenvalue weighted by Crippen LogP contribution is 2.33. The highest BCUT2D eigenvalue weighted by atomic mass is 16.7. The molecule has 0 spiro atoms. The van der Waals surface area contributed by atoms with Crippen molar-refractivity contribution >= 4 is 0 Å². The molecule has 2 unspecified atom stereocenters. The molecule has 1 saturated heterocycles. The second-order valence-corrected chi connectivity index (χ2v) is 5.19. The van der Waals surface area contributed by atoms with E-state index in [1.165, 1.54) is 5.56 Å². The van der Waals surface area contributed by atoms with Gasteiger partial charge in [-0.3, -0.25) is 4.90 Å². The Labute approximate surface area is 113 Å². The lowest BCUT2D eigenvalue weighted by Crippen LogP contribution is -2.48. The molecule has 2 heterocycles. The highest BCUT2D eigenvalue weighted by molar-refractivity contribution is 5.44. The van der Waals surface area contributed by atoms with Gasteiger partial charge in [0.15, 0.2) is 11.5 Å². The van der Waals surface area contributed by atoms with E-state index < -0.39 is 0 Å². The number of morpholine rings is 1. The minimum Gasteiger partial charge on any atom is -0.454 e. The van der Waals surface area contributed by atoms with Gasteiger partial charge in [-0.2, -0.15) is 0 Å². The Bertz CT molecular complexity index is 452. The summed E-state index contributed by atoms with van der Waals surface area (Å²) < 4.78 is 16.5. The van der Waals surface area contributed by atoms with Gasteiger partial charge < -0.3 is 19.9 Å². The van der Waals surface area contributed by atoms with Gasteiger partial charge in [0, 0.05) is 26.2 Å². The van der Waals surface area contributed by atoms with Crippen LogP contribution in [0.3, 0.4) is 0 Å². The van der Waals surface area contributed by atoms with Gasteiger partial charge in [-0.25, -0.2) is 0 Å². The van der Waals surface area contributed by atoms with Crippen molar-refractivity contribution in [3.8, 4) is 11.5 Å². The zero-order valence-electron chi connectivity index (χ0n) is 11.2. The van der Waals surface area contributed by atoms with Gasteiger partial charge in [0.05, 0.1) is 12.2 Å². The minimum absolute atomic E-state index is 0.137. The monoisotopic (exact) mass is 264 g/mol. The maximum atomic E-state index is 5.77. The number of hydrogen-bond acceptors (Lipinski definition) is 5. The number of benzene rings is 1. The number of rotatable bonds is 3. The fourth-order valence-electron chi connectivity index (χ4n) is 2.70. The number of nitrogens with two attached hydrogens (primary N) is 1. The average molecular weight is 264 g/mol. The summed E-state index contributed by atoms with van der Waals surface area (Å²) >= 11 is 0. The van der Waals surface area contributed by atoms with Gasteiger partial charge in [-0.05, 0) is 24.6 Å². The summed E-state index contributed by atoms with van der Waals surface area (Å²) in [6.45, 7) is 5.69. The number of nitrogens with zero attached hydrogens (tertiary/aromatic N) is 1. The van der Waals surface area contributed by atoms with Crippen molar-refractivity contribution in [1.82, 2.24) is 4.90 Å². The Morgan fingerprint density at radius 3 is 2.95 bits per heavy atom. The van der Waals surface area contributed by atoms with Crippen molar-refractivity contribution < 1.29 is 14.2 Å². The average Bonchev–Trinajstić information content (AvgIpc) is 2.85. The van der Waals surface area contributed by atoms with Crippen molar-refractivity contribution in [2.24, 2.45) is 5.73 Å². The van der Waals surface area contributed by atoms with Crippen LogP contribution in [-0.4, -0.2) is 43.5 Å². The Kier molecular flexibility index (Phi) is 3.59. The second kappa shape index (κ2) is 5.36. The molecule has 104 valence electrons. The molecular formula is C14H20N2O3. The van der Waals surface area contributed by atoms with Gasteiger partial charge in [0.1, 0.15) is 0 Å². The Morgan fingerprint density at radius 2 is 2.11 bits per heavy atom. The largest absolute Gasteiger partial charge is 0.454 e. The Balaban J connectivity index is 1.67. The van der Waals surface area contributed by atoms with Crippen molar-refractivity contribution in [3.63, 3.8) is 0 Å². The van der Waals surface area contributed by atoms with E-state index in [1.54, 1.807) is 0 Å². The van der Waals surface area contributed by atoms with Crippen LogP contribution >= 0.6 is 0 Å². The molecule has 3 rings (SSSR count). The third-order valence-electron chi connectivity index (χ3n) is 3.51. The van der Waals surface area contributed by atoms with E-state index in [4.69, 9.17) is 19.9 Å². The molecular weight excluding hydrogens is 244 g/mol. The van der Waals surface area contributed by atoms with Crippen LogP contribution in [0.15, 0.2) is 18.2 Å². The van der Waals surface area contributed by atoms with Crippen LogP contribution in [0.4, 0.5) is 0 Å². The van der Waals surface area contributed by atoms with E-state index in [-0.39, 0.29) is 12.2 Å². The van der Waals surface area contributed by atoms with Gasteiger partial charge >= 0.3 is 0 Å². The van der Waals surface area contributed by atoms with E-state index in [1.807, 2.05) is 6.07 Å². The molecule has 2 aliphatic heterocycles. The van der Waals surface area contributed by atoms with E-state index >= 15 is 0 Å². The molecule has 2 N–H and O–H groups in total. The van der Waals surface area contributed by atoms with Crippen LogP contribution in [0, 0.1) is 0 Å². The normalized spacial score (nSPS) is 26.6. The van der Waals surface area contributed by atoms with Crippen LogP contribution in [0.1, 0.15) is 12.5 Å². The lowest BCUT2D eigenvalue weighted by molar-refractivity contribution is -0.0745. The molecule has 2 aliphatic rings. The van der Waals surface area contributed by atoms with Crippen molar-refractivity contribution in [1.29, 1.82) is 0 Å². The fraction of sp³-hybridized carbons (Fsp3) is 0.571. The molecule has 0 aliphatic carbocycles. The molecule has 0 saturated carbocycles. The summed E-state index contributed by atoms with van der Waals surface area (Å²) in [6.07, 6.45) is 0.370. The predicted octanol–water partition coefficient (Wildman–Crippen LogP) is 0.963. The Hall–Kier alpha value is -1.30. The lowest BCUT2D eigenvalue weighted by atomic mass is 10.1. The zero-order valence-corrected chi connectivity index (χ0v) is 11.2. The molecule has 0 amide bonds. The van der Waals surface area contributed by atoms with Crippen LogP contribution < -0.4 is 15.2 Å². The van der Waals surface area contributed by atoms with Crippen LogP contribution in [-0.2, 0) is 11.3 Å². The molecule has 5 nitrogen and oxygen atoms in total. The van der Waals surface area contributed by atoms with E-state index in [0.29, 0.717) is 13.3 Å². The van der Waals surface area contributed by atoms with Crippen LogP contribution in [0.5, 0.6) is 11.5 Å². The summed E-state index contributed by atoms with van der Waals surface area (Å²) in [4.78, 5) is 2.38. The quantitative estimate of drug-likeness (QED) is 0.881. The van der Waals surface area contributed by atoms with Gasteiger partial charge in [-0.15, -0.1) is 0 Å². The summed E-state index contributed by atoms with van der Waals surface area (Å²) in [6, 6.07) is 6.12. The summed E-state index contributed by atoms with van der Waals surface area (Å²) in [5.41, 5.74) is 6.94. The number of ether oxygens (including phenoxy) is 3. The molecule has 5 heteroatoms. The number of hydrogen-bond donors (Lipinski definition) is 1. The predicted molar refractivity (Wildman–Crippen MR) is 71.2 cm³/mol. The Morgan fingerprint density at radius 1 is 1.26 bits per heavy atom.